The zero-order chi connectivity index (χ0) is 18.4. The normalized spacial score (nSPS) is 16.6. The fraction of sp³-hybridized carbons (Fsp3) is 0.316. The van der Waals surface area contributed by atoms with Crippen LogP contribution in [0.5, 0.6) is 0 Å². The third kappa shape index (κ3) is 3.26. The van der Waals surface area contributed by atoms with E-state index in [2.05, 4.69) is 5.32 Å². The SMILES string of the molecule is Cc1cccc(NC(=O)c2ccc3c(c2)CC(C)N3S(C)(=O)=O)c1C. The zero-order valence-corrected chi connectivity index (χ0v) is 15.6. The Labute approximate surface area is 148 Å². The first-order valence-electron chi connectivity index (χ1n) is 8.18. The van der Waals surface area contributed by atoms with Gasteiger partial charge in [-0.3, -0.25) is 9.10 Å². The number of hydrogen-bond acceptors (Lipinski definition) is 3. The molecule has 2 aromatic rings. The summed E-state index contributed by atoms with van der Waals surface area (Å²) in [4.78, 5) is 12.6. The molecule has 0 radical (unpaired) electrons. The highest BCUT2D eigenvalue weighted by molar-refractivity contribution is 7.92. The average Bonchev–Trinajstić information content (AvgIpc) is 2.86. The van der Waals surface area contributed by atoms with Crippen LogP contribution in [-0.4, -0.2) is 26.6 Å². The minimum Gasteiger partial charge on any atom is -0.322 e. The smallest absolute Gasteiger partial charge is 0.255 e. The number of fused-ring (bicyclic) bond motifs is 1. The lowest BCUT2D eigenvalue weighted by Gasteiger charge is -2.21. The van der Waals surface area contributed by atoms with Crippen molar-refractivity contribution < 1.29 is 13.2 Å². The van der Waals surface area contributed by atoms with Crippen molar-refractivity contribution in [3.8, 4) is 0 Å². The molecule has 0 aromatic heterocycles. The first-order valence-corrected chi connectivity index (χ1v) is 10.0. The molecule has 0 bridgehead atoms. The van der Waals surface area contributed by atoms with E-state index in [0.29, 0.717) is 17.7 Å². The van der Waals surface area contributed by atoms with Crippen molar-refractivity contribution in [2.75, 3.05) is 15.9 Å². The number of amides is 1. The van der Waals surface area contributed by atoms with Crippen molar-refractivity contribution in [2.45, 2.75) is 33.2 Å². The van der Waals surface area contributed by atoms with Crippen LogP contribution >= 0.6 is 0 Å². The van der Waals surface area contributed by atoms with Crippen molar-refractivity contribution in [2.24, 2.45) is 0 Å². The Balaban J connectivity index is 1.90. The van der Waals surface area contributed by atoms with Gasteiger partial charge >= 0.3 is 0 Å². The summed E-state index contributed by atoms with van der Waals surface area (Å²) in [7, 11) is -3.32. The highest BCUT2D eigenvalue weighted by atomic mass is 32.2. The second kappa shape index (κ2) is 6.19. The van der Waals surface area contributed by atoms with Crippen molar-refractivity contribution in [1.29, 1.82) is 0 Å². The molecule has 1 amide bonds. The van der Waals surface area contributed by atoms with Crippen LogP contribution in [0.4, 0.5) is 11.4 Å². The number of hydrogen-bond donors (Lipinski definition) is 1. The van der Waals surface area contributed by atoms with Crippen molar-refractivity contribution >= 4 is 27.3 Å². The third-order valence-electron chi connectivity index (χ3n) is 4.70. The molecule has 5 nitrogen and oxygen atoms in total. The summed E-state index contributed by atoms with van der Waals surface area (Å²) in [6.45, 7) is 5.84. The van der Waals surface area contributed by atoms with Crippen LogP contribution < -0.4 is 9.62 Å². The van der Waals surface area contributed by atoms with E-state index in [1.54, 1.807) is 18.2 Å². The number of sulfonamides is 1. The Morgan fingerprint density at radius 1 is 1.20 bits per heavy atom. The van der Waals surface area contributed by atoms with E-state index >= 15 is 0 Å². The van der Waals surface area contributed by atoms with Crippen LogP contribution in [0, 0.1) is 13.8 Å². The summed E-state index contributed by atoms with van der Waals surface area (Å²) in [6, 6.07) is 10.8. The molecular weight excluding hydrogens is 336 g/mol. The van der Waals surface area contributed by atoms with Gasteiger partial charge < -0.3 is 5.32 Å². The molecule has 1 unspecified atom stereocenters. The van der Waals surface area contributed by atoms with E-state index in [1.165, 1.54) is 10.6 Å². The molecule has 3 rings (SSSR count). The van der Waals surface area contributed by atoms with Crippen LogP contribution in [0.3, 0.4) is 0 Å². The predicted octanol–water partition coefficient (Wildman–Crippen LogP) is 3.27. The molecule has 0 saturated heterocycles. The molecule has 0 spiro atoms. The molecule has 1 N–H and O–H groups in total. The maximum Gasteiger partial charge on any atom is 0.255 e. The van der Waals surface area contributed by atoms with Crippen LogP contribution in [0.1, 0.15) is 34.0 Å². The highest BCUT2D eigenvalue weighted by Crippen LogP contribution is 2.34. The second-order valence-electron chi connectivity index (χ2n) is 6.66. The molecule has 132 valence electrons. The number of nitrogens with zero attached hydrogens (tertiary/aromatic N) is 1. The minimum atomic E-state index is -3.32. The Morgan fingerprint density at radius 3 is 2.60 bits per heavy atom. The number of benzene rings is 2. The average molecular weight is 358 g/mol. The van der Waals surface area contributed by atoms with Crippen molar-refractivity contribution in [1.82, 2.24) is 0 Å². The molecule has 0 fully saturated rings. The van der Waals surface area contributed by atoms with Gasteiger partial charge in [-0.1, -0.05) is 12.1 Å². The molecule has 1 aliphatic heterocycles. The summed E-state index contributed by atoms with van der Waals surface area (Å²) < 4.78 is 25.4. The second-order valence-corrected chi connectivity index (χ2v) is 8.52. The molecule has 6 heteroatoms. The Morgan fingerprint density at radius 2 is 1.92 bits per heavy atom. The van der Waals surface area contributed by atoms with Crippen LogP contribution in [0.15, 0.2) is 36.4 Å². The molecule has 1 heterocycles. The monoisotopic (exact) mass is 358 g/mol. The number of nitrogens with one attached hydrogen (secondary N) is 1. The summed E-state index contributed by atoms with van der Waals surface area (Å²) in [6.07, 6.45) is 1.81. The zero-order valence-electron chi connectivity index (χ0n) is 14.8. The van der Waals surface area contributed by atoms with E-state index in [0.717, 1.165) is 22.4 Å². The van der Waals surface area contributed by atoms with E-state index in [-0.39, 0.29) is 11.9 Å². The first-order chi connectivity index (χ1) is 11.7. The van der Waals surface area contributed by atoms with Gasteiger partial charge in [0.25, 0.3) is 5.91 Å². The molecule has 0 aliphatic carbocycles. The number of aryl methyl sites for hydroxylation is 1. The van der Waals surface area contributed by atoms with Gasteiger partial charge in [0.15, 0.2) is 0 Å². The topological polar surface area (TPSA) is 66.5 Å². The van der Waals surface area contributed by atoms with E-state index in [1.807, 2.05) is 39.0 Å². The van der Waals surface area contributed by atoms with Gasteiger partial charge in [-0.15, -0.1) is 0 Å². The van der Waals surface area contributed by atoms with E-state index in [9.17, 15) is 13.2 Å². The van der Waals surface area contributed by atoms with Crippen molar-refractivity contribution in [3.05, 3.63) is 58.7 Å². The molecule has 25 heavy (non-hydrogen) atoms. The standard InChI is InChI=1S/C19H22N2O3S/c1-12-6-5-7-17(14(12)3)20-19(22)15-8-9-18-16(11-15)10-13(2)21(18)25(4,23)24/h5-9,11,13H,10H2,1-4H3,(H,20,22). The first kappa shape index (κ1) is 17.5. The fourth-order valence-electron chi connectivity index (χ4n) is 3.33. The van der Waals surface area contributed by atoms with E-state index < -0.39 is 10.0 Å². The molecule has 1 atom stereocenters. The van der Waals surface area contributed by atoms with Gasteiger partial charge in [0.1, 0.15) is 0 Å². The predicted molar refractivity (Wildman–Crippen MR) is 101 cm³/mol. The largest absolute Gasteiger partial charge is 0.322 e. The highest BCUT2D eigenvalue weighted by Gasteiger charge is 2.32. The van der Waals surface area contributed by atoms with Crippen LogP contribution in [-0.2, 0) is 16.4 Å². The maximum absolute atomic E-state index is 12.6. The summed E-state index contributed by atoms with van der Waals surface area (Å²) in [5.74, 6) is -0.193. The fourth-order valence-corrected chi connectivity index (χ4v) is 4.59. The summed E-state index contributed by atoms with van der Waals surface area (Å²) >= 11 is 0. The molecular formula is C19H22N2O3S. The van der Waals surface area contributed by atoms with Gasteiger partial charge in [0.05, 0.1) is 11.9 Å². The van der Waals surface area contributed by atoms with Gasteiger partial charge in [0.2, 0.25) is 10.0 Å². The van der Waals surface area contributed by atoms with Crippen molar-refractivity contribution in [3.63, 3.8) is 0 Å². The van der Waals surface area contributed by atoms with Crippen LogP contribution in [0.25, 0.3) is 0 Å². The van der Waals surface area contributed by atoms with Gasteiger partial charge in [-0.2, -0.15) is 0 Å². The Bertz CT molecular complexity index is 951. The van der Waals surface area contributed by atoms with Crippen LogP contribution in [0.2, 0.25) is 0 Å². The van der Waals surface area contributed by atoms with Gasteiger partial charge in [-0.25, -0.2) is 8.42 Å². The van der Waals surface area contributed by atoms with Gasteiger partial charge in [0, 0.05) is 17.3 Å². The number of carbonyl (C=O) groups is 1. The Hall–Kier alpha value is -2.34. The molecule has 0 saturated carbocycles. The summed E-state index contributed by atoms with van der Waals surface area (Å²) in [5.41, 5.74) is 5.02. The molecule has 2 aromatic carbocycles. The summed E-state index contributed by atoms with van der Waals surface area (Å²) in [5, 5.41) is 2.94. The third-order valence-corrected chi connectivity index (χ3v) is 5.98. The molecule has 1 aliphatic rings. The quantitative estimate of drug-likeness (QED) is 0.916. The van der Waals surface area contributed by atoms with E-state index in [4.69, 9.17) is 0 Å². The van der Waals surface area contributed by atoms with Gasteiger partial charge in [-0.05, 0) is 68.1 Å². The number of rotatable bonds is 3. The lowest BCUT2D eigenvalue weighted by atomic mass is 10.1. The lowest BCUT2D eigenvalue weighted by Crippen LogP contribution is -2.34. The Kier molecular flexibility index (Phi) is 4.33. The number of anilines is 2. The lowest BCUT2D eigenvalue weighted by molar-refractivity contribution is 0.102. The number of carbonyl (C=O) groups excluding carboxylic acids is 1. The minimum absolute atomic E-state index is 0.137. The maximum atomic E-state index is 12.6.